The first kappa shape index (κ1) is 12.2. The van der Waals surface area contributed by atoms with E-state index in [1.165, 1.54) is 32.5 Å². The van der Waals surface area contributed by atoms with E-state index in [2.05, 4.69) is 24.5 Å². The van der Waals surface area contributed by atoms with Crippen molar-refractivity contribution in [2.24, 2.45) is 5.92 Å². The summed E-state index contributed by atoms with van der Waals surface area (Å²) < 4.78 is 0. The Morgan fingerprint density at radius 2 is 2.25 bits per heavy atom. The molecule has 2 N–H and O–H groups in total. The smallest absolute Gasteiger partial charge is 0.00103 e. The zero-order valence-corrected chi connectivity index (χ0v) is 8.91. The average molecular weight is 193 g/mol. The minimum absolute atomic E-state index is 0. The first-order valence-corrected chi connectivity index (χ1v) is 4.73. The van der Waals surface area contributed by atoms with Gasteiger partial charge in [0, 0.05) is 6.04 Å². The van der Waals surface area contributed by atoms with Crippen LogP contribution in [0.2, 0.25) is 0 Å². The fourth-order valence-corrected chi connectivity index (χ4v) is 1.54. The predicted octanol–water partition coefficient (Wildman–Crippen LogP) is 1.41. The molecule has 0 amide bonds. The van der Waals surface area contributed by atoms with Gasteiger partial charge < -0.3 is 10.6 Å². The van der Waals surface area contributed by atoms with Crippen LogP contribution < -0.4 is 10.6 Å². The van der Waals surface area contributed by atoms with Gasteiger partial charge in [-0.1, -0.05) is 13.8 Å². The Labute approximate surface area is 81.9 Å². The summed E-state index contributed by atoms with van der Waals surface area (Å²) in [7, 11) is 0. The second kappa shape index (κ2) is 6.70. The maximum absolute atomic E-state index is 3.44. The zero-order chi connectivity index (χ0) is 8.10. The molecule has 1 aliphatic rings. The minimum Gasteiger partial charge on any atom is -0.316 e. The molecule has 1 heterocycles. The number of nitrogens with one attached hydrogen (secondary N) is 2. The Morgan fingerprint density at radius 1 is 1.50 bits per heavy atom. The van der Waals surface area contributed by atoms with E-state index in [-0.39, 0.29) is 12.4 Å². The van der Waals surface area contributed by atoms with Gasteiger partial charge in [0.2, 0.25) is 0 Å². The third-order valence-corrected chi connectivity index (χ3v) is 2.27. The molecular formula is C9H21ClN2. The van der Waals surface area contributed by atoms with E-state index in [0.29, 0.717) is 6.04 Å². The van der Waals surface area contributed by atoms with E-state index in [1.54, 1.807) is 0 Å². The Bertz CT molecular complexity index is 101. The Balaban J connectivity index is 0.00000121. The highest BCUT2D eigenvalue weighted by molar-refractivity contribution is 5.85. The topological polar surface area (TPSA) is 24.1 Å². The molecule has 3 heteroatoms. The van der Waals surface area contributed by atoms with Crippen LogP contribution in [-0.4, -0.2) is 25.7 Å². The molecule has 0 spiro atoms. The summed E-state index contributed by atoms with van der Waals surface area (Å²) in [5.74, 6) is 0.932. The van der Waals surface area contributed by atoms with Gasteiger partial charge in [0.1, 0.15) is 0 Å². The van der Waals surface area contributed by atoms with Crippen molar-refractivity contribution >= 4 is 12.4 Å². The molecular weight excluding hydrogens is 172 g/mol. The highest BCUT2D eigenvalue weighted by atomic mass is 35.5. The van der Waals surface area contributed by atoms with E-state index in [9.17, 15) is 0 Å². The third-order valence-electron chi connectivity index (χ3n) is 2.27. The molecule has 0 bridgehead atoms. The first-order chi connectivity index (χ1) is 5.29. The van der Waals surface area contributed by atoms with Crippen LogP contribution in [0.15, 0.2) is 0 Å². The van der Waals surface area contributed by atoms with Gasteiger partial charge in [-0.3, -0.25) is 0 Å². The van der Waals surface area contributed by atoms with E-state index in [4.69, 9.17) is 0 Å². The molecule has 2 nitrogen and oxygen atoms in total. The lowest BCUT2D eigenvalue weighted by Crippen LogP contribution is -2.25. The lowest BCUT2D eigenvalue weighted by molar-refractivity contribution is 0.477. The van der Waals surface area contributed by atoms with Crippen molar-refractivity contribution < 1.29 is 0 Å². The van der Waals surface area contributed by atoms with Crippen LogP contribution in [0, 0.1) is 5.92 Å². The van der Waals surface area contributed by atoms with Gasteiger partial charge in [0.05, 0.1) is 0 Å². The number of halogens is 1. The number of hydrogen-bond acceptors (Lipinski definition) is 2. The summed E-state index contributed by atoms with van der Waals surface area (Å²) in [5.41, 5.74) is 0. The molecule has 1 atom stereocenters. The van der Waals surface area contributed by atoms with Gasteiger partial charge in [-0.05, 0) is 38.4 Å². The summed E-state index contributed by atoms with van der Waals surface area (Å²) >= 11 is 0. The Kier molecular flexibility index (Phi) is 6.81. The molecule has 1 saturated heterocycles. The standard InChI is InChI=1S/C9H20N2.ClH/c1-8(2)11-6-4-9-3-5-10-7-9;/h8-11H,3-7H2,1-2H3;1H/t9-;/m1./s1. The maximum Gasteiger partial charge on any atom is 0.00103 e. The fourth-order valence-electron chi connectivity index (χ4n) is 1.54. The van der Waals surface area contributed by atoms with Gasteiger partial charge in [-0.2, -0.15) is 0 Å². The first-order valence-electron chi connectivity index (χ1n) is 4.73. The van der Waals surface area contributed by atoms with Crippen molar-refractivity contribution in [2.75, 3.05) is 19.6 Å². The van der Waals surface area contributed by atoms with E-state index >= 15 is 0 Å². The molecule has 0 aromatic heterocycles. The molecule has 0 aromatic rings. The molecule has 0 aromatic carbocycles. The van der Waals surface area contributed by atoms with Crippen LogP contribution in [0.1, 0.15) is 26.7 Å². The fraction of sp³-hybridized carbons (Fsp3) is 1.00. The van der Waals surface area contributed by atoms with Gasteiger partial charge in [0.25, 0.3) is 0 Å². The monoisotopic (exact) mass is 192 g/mol. The summed E-state index contributed by atoms with van der Waals surface area (Å²) in [6, 6.07) is 0.643. The Hall–Kier alpha value is 0.210. The van der Waals surface area contributed by atoms with Crippen molar-refractivity contribution in [1.82, 2.24) is 10.6 Å². The molecule has 0 radical (unpaired) electrons. The predicted molar refractivity (Wildman–Crippen MR) is 56.0 cm³/mol. The van der Waals surface area contributed by atoms with Gasteiger partial charge in [-0.25, -0.2) is 0 Å². The van der Waals surface area contributed by atoms with Gasteiger partial charge in [-0.15, -0.1) is 12.4 Å². The highest BCUT2D eigenvalue weighted by Crippen LogP contribution is 2.10. The second-order valence-corrected chi connectivity index (χ2v) is 3.76. The Morgan fingerprint density at radius 3 is 2.75 bits per heavy atom. The van der Waals surface area contributed by atoms with Crippen LogP contribution in [0.5, 0.6) is 0 Å². The average Bonchev–Trinajstić information content (AvgIpc) is 2.39. The minimum atomic E-state index is 0. The second-order valence-electron chi connectivity index (χ2n) is 3.76. The normalized spacial score (nSPS) is 22.8. The molecule has 0 aliphatic carbocycles. The lowest BCUT2D eigenvalue weighted by atomic mass is 10.1. The largest absolute Gasteiger partial charge is 0.316 e. The van der Waals surface area contributed by atoms with Crippen LogP contribution in [-0.2, 0) is 0 Å². The molecule has 1 rings (SSSR count). The molecule has 1 aliphatic heterocycles. The van der Waals surface area contributed by atoms with Crippen molar-refractivity contribution in [1.29, 1.82) is 0 Å². The highest BCUT2D eigenvalue weighted by Gasteiger charge is 2.13. The summed E-state index contributed by atoms with van der Waals surface area (Å²) in [5, 5.41) is 6.83. The zero-order valence-electron chi connectivity index (χ0n) is 8.10. The number of hydrogen-bond donors (Lipinski definition) is 2. The van der Waals surface area contributed by atoms with Crippen molar-refractivity contribution in [3.63, 3.8) is 0 Å². The van der Waals surface area contributed by atoms with E-state index in [1.807, 2.05) is 0 Å². The third kappa shape index (κ3) is 4.96. The molecule has 1 fully saturated rings. The van der Waals surface area contributed by atoms with E-state index < -0.39 is 0 Å². The van der Waals surface area contributed by atoms with Gasteiger partial charge in [0.15, 0.2) is 0 Å². The molecule has 74 valence electrons. The molecule has 12 heavy (non-hydrogen) atoms. The van der Waals surface area contributed by atoms with Crippen molar-refractivity contribution in [3.8, 4) is 0 Å². The lowest BCUT2D eigenvalue weighted by Gasteiger charge is -2.11. The van der Waals surface area contributed by atoms with Crippen LogP contribution in [0.3, 0.4) is 0 Å². The summed E-state index contributed by atoms with van der Waals surface area (Å²) in [6.07, 6.45) is 2.71. The molecule has 0 saturated carbocycles. The van der Waals surface area contributed by atoms with Crippen molar-refractivity contribution in [3.05, 3.63) is 0 Å². The summed E-state index contributed by atoms with van der Waals surface area (Å²) in [4.78, 5) is 0. The van der Waals surface area contributed by atoms with Gasteiger partial charge >= 0.3 is 0 Å². The quantitative estimate of drug-likeness (QED) is 0.704. The van der Waals surface area contributed by atoms with E-state index in [0.717, 1.165) is 5.92 Å². The number of rotatable bonds is 4. The SMILES string of the molecule is CC(C)NCC[C@H]1CCNC1.Cl. The van der Waals surface area contributed by atoms with Crippen molar-refractivity contribution in [2.45, 2.75) is 32.7 Å². The maximum atomic E-state index is 3.44. The summed E-state index contributed by atoms with van der Waals surface area (Å²) in [6.45, 7) is 8.05. The molecule has 0 unspecified atom stereocenters. The van der Waals surface area contributed by atoms with Crippen LogP contribution >= 0.6 is 12.4 Å². The van der Waals surface area contributed by atoms with Crippen LogP contribution in [0.4, 0.5) is 0 Å². The van der Waals surface area contributed by atoms with Crippen LogP contribution in [0.25, 0.3) is 0 Å².